The number of amides is 2. The zero-order valence-electron chi connectivity index (χ0n) is 20.6. The fourth-order valence-electron chi connectivity index (χ4n) is 3.87. The van der Waals surface area contributed by atoms with Crippen molar-refractivity contribution >= 4 is 28.6 Å². The number of hydrogen-bond donors (Lipinski definition) is 2. The van der Waals surface area contributed by atoms with E-state index in [2.05, 4.69) is 25.7 Å². The second-order valence-electron chi connectivity index (χ2n) is 8.49. The Morgan fingerprint density at radius 1 is 1.13 bits per heavy atom. The molecule has 2 amide bonds. The van der Waals surface area contributed by atoms with E-state index in [1.807, 2.05) is 0 Å². The molecular formula is C25H21F2N7O5. The molecule has 200 valence electrons. The van der Waals surface area contributed by atoms with Gasteiger partial charge in [0.05, 0.1) is 11.7 Å². The molecule has 39 heavy (non-hydrogen) atoms. The Morgan fingerprint density at radius 3 is 2.72 bits per heavy atom. The molecule has 0 aliphatic rings. The van der Waals surface area contributed by atoms with Crippen molar-refractivity contribution in [2.75, 3.05) is 0 Å². The largest absolute Gasteiger partial charge is 0.460 e. The molecule has 0 aliphatic heterocycles. The lowest BCUT2D eigenvalue weighted by atomic mass is 10.2. The highest BCUT2D eigenvalue weighted by molar-refractivity contribution is 5.98. The van der Waals surface area contributed by atoms with Gasteiger partial charge in [-0.05, 0) is 23.8 Å². The minimum atomic E-state index is -1.58. The van der Waals surface area contributed by atoms with E-state index >= 15 is 0 Å². The molecule has 4 aromatic heterocycles. The molecule has 2 N–H and O–H groups in total. The number of nitrogens with one attached hydrogen (secondary N) is 2. The number of carbonyl (C=O) groups excluding carboxylic acids is 2. The summed E-state index contributed by atoms with van der Waals surface area (Å²) in [6, 6.07) is 7.61. The Kier molecular flexibility index (Phi) is 6.75. The van der Waals surface area contributed by atoms with Crippen molar-refractivity contribution in [3.8, 4) is 5.75 Å². The molecule has 0 saturated carbocycles. The van der Waals surface area contributed by atoms with Gasteiger partial charge >= 0.3 is 5.76 Å². The number of benzene rings is 1. The van der Waals surface area contributed by atoms with E-state index in [-0.39, 0.29) is 35.9 Å². The number of hydrogen-bond acceptors (Lipinski definition) is 8. The van der Waals surface area contributed by atoms with E-state index in [1.54, 1.807) is 25.2 Å². The SMILES string of the molecule is CC(F)Oc1ccncc1CNC(=O)c1cc(C(=O)NCc2ccc3oc(=O)n(C)c3c2)nc2c(F)cnn12. The van der Waals surface area contributed by atoms with Crippen molar-refractivity contribution < 1.29 is 27.5 Å². The van der Waals surface area contributed by atoms with Crippen molar-refractivity contribution in [1.82, 2.24) is 34.8 Å². The van der Waals surface area contributed by atoms with E-state index < -0.39 is 29.7 Å². The molecule has 0 fully saturated rings. The van der Waals surface area contributed by atoms with Gasteiger partial charge in [-0.2, -0.15) is 5.10 Å². The van der Waals surface area contributed by atoms with Gasteiger partial charge in [-0.1, -0.05) is 6.07 Å². The third-order valence-corrected chi connectivity index (χ3v) is 5.79. The van der Waals surface area contributed by atoms with Crippen LogP contribution < -0.4 is 21.1 Å². The summed E-state index contributed by atoms with van der Waals surface area (Å²) >= 11 is 0. The summed E-state index contributed by atoms with van der Waals surface area (Å²) in [5.41, 5.74) is 1.32. The molecule has 14 heteroatoms. The van der Waals surface area contributed by atoms with Gasteiger partial charge in [0, 0.05) is 51.1 Å². The van der Waals surface area contributed by atoms with Gasteiger partial charge in [-0.25, -0.2) is 23.1 Å². The second kappa shape index (κ2) is 10.3. The Balaban J connectivity index is 1.36. The van der Waals surface area contributed by atoms with Crippen molar-refractivity contribution in [2.24, 2.45) is 7.05 Å². The van der Waals surface area contributed by atoms with Crippen LogP contribution >= 0.6 is 0 Å². The topological polar surface area (TPSA) is 146 Å². The number of fused-ring (bicyclic) bond motifs is 2. The van der Waals surface area contributed by atoms with Crippen LogP contribution in [0, 0.1) is 5.82 Å². The summed E-state index contributed by atoms with van der Waals surface area (Å²) in [7, 11) is 1.56. The van der Waals surface area contributed by atoms with Gasteiger partial charge in [-0.3, -0.25) is 19.1 Å². The molecule has 1 atom stereocenters. The van der Waals surface area contributed by atoms with E-state index in [0.717, 1.165) is 10.7 Å². The predicted molar refractivity (Wildman–Crippen MR) is 132 cm³/mol. The Hall–Kier alpha value is -5.14. The molecule has 0 radical (unpaired) electrons. The number of aryl methyl sites for hydroxylation is 1. The first kappa shape index (κ1) is 25.5. The molecule has 4 heterocycles. The monoisotopic (exact) mass is 537 g/mol. The number of ether oxygens (including phenoxy) is 1. The highest BCUT2D eigenvalue weighted by atomic mass is 19.1. The number of carbonyl (C=O) groups is 2. The van der Waals surface area contributed by atoms with Gasteiger partial charge in [0.15, 0.2) is 17.0 Å². The maximum atomic E-state index is 14.4. The Labute approximate surface area is 218 Å². The lowest BCUT2D eigenvalue weighted by Gasteiger charge is -2.13. The Morgan fingerprint density at radius 2 is 1.92 bits per heavy atom. The zero-order chi connectivity index (χ0) is 27.7. The van der Waals surface area contributed by atoms with Gasteiger partial charge in [-0.15, -0.1) is 0 Å². The first-order valence-corrected chi connectivity index (χ1v) is 11.6. The summed E-state index contributed by atoms with van der Waals surface area (Å²) in [6.45, 7) is 1.18. The Bertz CT molecular complexity index is 1780. The molecule has 0 bridgehead atoms. The van der Waals surface area contributed by atoms with E-state index in [1.165, 1.54) is 36.0 Å². The molecule has 0 saturated heterocycles. The lowest BCUT2D eigenvalue weighted by Crippen LogP contribution is -2.28. The van der Waals surface area contributed by atoms with Gasteiger partial charge in [0.1, 0.15) is 17.1 Å². The van der Waals surface area contributed by atoms with Crippen LogP contribution in [0.5, 0.6) is 5.75 Å². The molecule has 5 aromatic rings. The molecule has 12 nitrogen and oxygen atoms in total. The molecule has 0 spiro atoms. The van der Waals surface area contributed by atoms with Gasteiger partial charge in [0.25, 0.3) is 11.8 Å². The maximum absolute atomic E-state index is 14.4. The number of alkyl halides is 1. The number of nitrogens with zero attached hydrogens (tertiary/aromatic N) is 5. The summed E-state index contributed by atoms with van der Waals surface area (Å²) in [4.78, 5) is 45.7. The third-order valence-electron chi connectivity index (χ3n) is 5.79. The normalized spacial score (nSPS) is 12.0. The number of oxazole rings is 1. The fourth-order valence-corrected chi connectivity index (χ4v) is 3.87. The summed E-state index contributed by atoms with van der Waals surface area (Å²) < 4.78 is 40.2. The summed E-state index contributed by atoms with van der Waals surface area (Å²) in [5.74, 6) is -2.52. The van der Waals surface area contributed by atoms with E-state index in [4.69, 9.17) is 9.15 Å². The highest BCUT2D eigenvalue weighted by Crippen LogP contribution is 2.19. The molecule has 1 unspecified atom stereocenters. The zero-order valence-corrected chi connectivity index (χ0v) is 20.6. The van der Waals surface area contributed by atoms with Crippen LogP contribution in [0.25, 0.3) is 16.7 Å². The van der Waals surface area contributed by atoms with E-state index in [9.17, 15) is 23.2 Å². The van der Waals surface area contributed by atoms with Crippen LogP contribution in [-0.4, -0.2) is 42.3 Å². The first-order chi connectivity index (χ1) is 18.7. The summed E-state index contributed by atoms with van der Waals surface area (Å²) in [6.07, 6.45) is 2.12. The smallest absolute Gasteiger partial charge is 0.419 e. The highest BCUT2D eigenvalue weighted by Gasteiger charge is 2.21. The molecule has 5 rings (SSSR count). The third kappa shape index (κ3) is 5.16. The van der Waals surface area contributed by atoms with E-state index in [0.29, 0.717) is 22.2 Å². The predicted octanol–water partition coefficient (Wildman–Crippen LogP) is 2.26. The molecule has 1 aromatic carbocycles. The van der Waals surface area contributed by atoms with Crippen LogP contribution in [0.3, 0.4) is 0 Å². The quantitative estimate of drug-likeness (QED) is 0.307. The van der Waals surface area contributed by atoms with Crippen molar-refractivity contribution in [3.63, 3.8) is 0 Å². The summed E-state index contributed by atoms with van der Waals surface area (Å²) in [5, 5.41) is 9.13. The van der Waals surface area contributed by atoms with Crippen molar-refractivity contribution in [1.29, 1.82) is 0 Å². The van der Waals surface area contributed by atoms with Crippen molar-refractivity contribution in [2.45, 2.75) is 26.4 Å². The lowest BCUT2D eigenvalue weighted by molar-refractivity contribution is 0.0843. The average molecular weight is 537 g/mol. The van der Waals surface area contributed by atoms with Gasteiger partial charge < -0.3 is 19.8 Å². The maximum Gasteiger partial charge on any atom is 0.419 e. The molecule has 0 aliphatic carbocycles. The number of halogens is 2. The van der Waals surface area contributed by atoms with Crippen LogP contribution in [0.1, 0.15) is 39.0 Å². The van der Waals surface area contributed by atoms with Crippen LogP contribution in [0.15, 0.2) is 58.1 Å². The number of aromatic nitrogens is 5. The minimum absolute atomic E-state index is 0.0566. The number of rotatable bonds is 8. The van der Waals surface area contributed by atoms with Gasteiger partial charge in [0.2, 0.25) is 6.36 Å². The number of pyridine rings is 1. The standard InChI is InChI=1S/C25H21F2N7O5/c1-13(26)38-20-5-6-28-10-15(20)11-30-24(36)19-8-17(32-22-16(27)12-31-34(19)22)23(35)29-9-14-3-4-21-18(7-14)33(2)25(37)39-21/h3-8,10,12-13H,9,11H2,1-2H3,(H,29,35)(H,30,36). The second-order valence-corrected chi connectivity index (χ2v) is 8.49. The van der Waals surface area contributed by atoms with Crippen LogP contribution in [-0.2, 0) is 20.1 Å². The fraction of sp³-hybridized carbons (Fsp3) is 0.200. The average Bonchev–Trinajstić information content (AvgIpc) is 3.43. The first-order valence-electron chi connectivity index (χ1n) is 11.6. The molecular weight excluding hydrogens is 516 g/mol. The van der Waals surface area contributed by atoms with Crippen molar-refractivity contribution in [3.05, 3.63) is 87.8 Å². The van der Waals surface area contributed by atoms with Crippen LogP contribution in [0.4, 0.5) is 8.78 Å². The van der Waals surface area contributed by atoms with Crippen LogP contribution in [0.2, 0.25) is 0 Å². The minimum Gasteiger partial charge on any atom is -0.460 e.